The maximum Gasteiger partial charge on any atom is 0.335 e. The summed E-state index contributed by atoms with van der Waals surface area (Å²) in [5.74, 6) is 0.514. The predicted molar refractivity (Wildman–Crippen MR) is 74.5 cm³/mol. The number of aromatic carboxylic acids is 1. The number of nitrogens with one attached hydrogen (secondary N) is 1. The van der Waals surface area contributed by atoms with Crippen molar-refractivity contribution < 1.29 is 14.7 Å². The van der Waals surface area contributed by atoms with Crippen molar-refractivity contribution in [2.75, 3.05) is 0 Å². The third kappa shape index (κ3) is 2.69. The van der Waals surface area contributed by atoms with Crippen molar-refractivity contribution >= 4 is 11.9 Å². The first-order chi connectivity index (χ1) is 9.61. The number of fused-ring (bicyclic) bond motifs is 2. The van der Waals surface area contributed by atoms with Crippen LogP contribution in [0, 0.1) is 11.8 Å². The van der Waals surface area contributed by atoms with Crippen LogP contribution in [0.3, 0.4) is 0 Å². The van der Waals surface area contributed by atoms with Gasteiger partial charge in [-0.15, -0.1) is 0 Å². The molecule has 3 rings (SSSR count). The summed E-state index contributed by atoms with van der Waals surface area (Å²) < 4.78 is 0. The molecule has 2 aliphatic rings. The van der Waals surface area contributed by atoms with E-state index < -0.39 is 5.97 Å². The quantitative estimate of drug-likeness (QED) is 0.884. The van der Waals surface area contributed by atoms with Crippen molar-refractivity contribution in [3.8, 4) is 0 Å². The van der Waals surface area contributed by atoms with Gasteiger partial charge in [-0.25, -0.2) is 4.79 Å². The molecule has 4 nitrogen and oxygen atoms in total. The summed E-state index contributed by atoms with van der Waals surface area (Å²) in [5.41, 5.74) is 0.987. The number of benzene rings is 1. The summed E-state index contributed by atoms with van der Waals surface area (Å²) in [5, 5.41) is 12.1. The number of carbonyl (C=O) groups is 2. The minimum Gasteiger partial charge on any atom is -0.478 e. The van der Waals surface area contributed by atoms with E-state index in [9.17, 15) is 9.59 Å². The zero-order chi connectivity index (χ0) is 14.1. The van der Waals surface area contributed by atoms with E-state index in [4.69, 9.17) is 5.11 Å². The first kappa shape index (κ1) is 13.2. The second-order valence-corrected chi connectivity index (χ2v) is 6.03. The normalized spacial score (nSPS) is 27.5. The van der Waals surface area contributed by atoms with Crippen molar-refractivity contribution in [3.05, 3.63) is 35.4 Å². The Labute approximate surface area is 118 Å². The lowest BCUT2D eigenvalue weighted by atomic mass is 9.95. The Kier molecular flexibility index (Phi) is 3.47. The molecule has 4 heteroatoms. The second kappa shape index (κ2) is 5.27. The van der Waals surface area contributed by atoms with Crippen LogP contribution < -0.4 is 5.32 Å². The number of carbonyl (C=O) groups excluding carboxylic acids is 1. The first-order valence-electron chi connectivity index (χ1n) is 7.23. The molecule has 1 aromatic carbocycles. The van der Waals surface area contributed by atoms with Gasteiger partial charge < -0.3 is 10.4 Å². The summed E-state index contributed by atoms with van der Waals surface area (Å²) in [4.78, 5) is 23.0. The molecule has 2 saturated carbocycles. The molecule has 0 heterocycles. The van der Waals surface area contributed by atoms with Crippen molar-refractivity contribution in [3.63, 3.8) is 0 Å². The van der Waals surface area contributed by atoms with Gasteiger partial charge in [0.15, 0.2) is 0 Å². The fourth-order valence-electron chi connectivity index (χ4n) is 3.68. The van der Waals surface area contributed by atoms with Gasteiger partial charge in [0.05, 0.1) is 12.0 Å². The highest BCUT2D eigenvalue weighted by molar-refractivity contribution is 5.88. The van der Waals surface area contributed by atoms with Crippen LogP contribution >= 0.6 is 0 Å². The Morgan fingerprint density at radius 1 is 1.25 bits per heavy atom. The molecular weight excluding hydrogens is 254 g/mol. The molecule has 0 aromatic heterocycles. The molecule has 106 valence electrons. The molecule has 0 radical (unpaired) electrons. The molecule has 2 N–H and O–H groups in total. The number of carboxylic acids is 1. The van der Waals surface area contributed by atoms with Crippen molar-refractivity contribution in [2.24, 2.45) is 11.8 Å². The van der Waals surface area contributed by atoms with Crippen LogP contribution in [0.5, 0.6) is 0 Å². The van der Waals surface area contributed by atoms with Gasteiger partial charge in [0.25, 0.3) is 0 Å². The SMILES string of the molecule is O=C(Cc1cccc(C(=O)O)c1)NC1CC2CCC1C2. The van der Waals surface area contributed by atoms with Gasteiger partial charge in [-0.2, -0.15) is 0 Å². The molecule has 2 fully saturated rings. The molecule has 0 spiro atoms. The van der Waals surface area contributed by atoms with Gasteiger partial charge in [-0.05, 0) is 48.8 Å². The summed E-state index contributed by atoms with van der Waals surface area (Å²) in [6.45, 7) is 0. The van der Waals surface area contributed by atoms with Crippen LogP contribution in [0.4, 0.5) is 0 Å². The highest BCUT2D eigenvalue weighted by atomic mass is 16.4. The zero-order valence-electron chi connectivity index (χ0n) is 11.3. The van der Waals surface area contributed by atoms with Crippen LogP contribution in [0.1, 0.15) is 41.6 Å². The zero-order valence-corrected chi connectivity index (χ0v) is 11.3. The molecular formula is C16H19NO3. The fraction of sp³-hybridized carbons (Fsp3) is 0.500. The molecule has 0 saturated heterocycles. The lowest BCUT2D eigenvalue weighted by molar-refractivity contribution is -0.121. The number of hydrogen-bond acceptors (Lipinski definition) is 2. The molecule has 1 amide bonds. The van der Waals surface area contributed by atoms with E-state index in [1.807, 2.05) is 0 Å². The molecule has 2 bridgehead atoms. The van der Waals surface area contributed by atoms with Crippen molar-refractivity contribution in [2.45, 2.75) is 38.1 Å². The fourth-order valence-corrected chi connectivity index (χ4v) is 3.68. The van der Waals surface area contributed by atoms with E-state index >= 15 is 0 Å². The minimum atomic E-state index is -0.958. The van der Waals surface area contributed by atoms with E-state index in [1.165, 1.54) is 19.3 Å². The highest BCUT2D eigenvalue weighted by Gasteiger charge is 2.39. The minimum absolute atomic E-state index is 0.00471. The smallest absolute Gasteiger partial charge is 0.335 e. The van der Waals surface area contributed by atoms with Crippen LogP contribution in [0.25, 0.3) is 0 Å². The Hall–Kier alpha value is -1.84. The maximum atomic E-state index is 12.1. The topological polar surface area (TPSA) is 66.4 Å². The molecule has 1 aromatic rings. The summed E-state index contributed by atoms with van der Waals surface area (Å²) in [6, 6.07) is 6.93. The highest BCUT2D eigenvalue weighted by Crippen LogP contribution is 2.44. The molecule has 2 aliphatic carbocycles. The van der Waals surface area contributed by atoms with E-state index in [0.29, 0.717) is 12.0 Å². The molecule has 20 heavy (non-hydrogen) atoms. The average Bonchev–Trinajstić information content (AvgIpc) is 3.01. The van der Waals surface area contributed by atoms with Gasteiger partial charge in [-0.1, -0.05) is 18.6 Å². The van der Waals surface area contributed by atoms with Gasteiger partial charge in [0.2, 0.25) is 5.91 Å². The number of amides is 1. The maximum absolute atomic E-state index is 12.1. The third-order valence-electron chi connectivity index (χ3n) is 4.62. The monoisotopic (exact) mass is 273 g/mol. The Balaban J connectivity index is 1.59. The van der Waals surface area contributed by atoms with Gasteiger partial charge in [0, 0.05) is 6.04 Å². The van der Waals surface area contributed by atoms with Crippen molar-refractivity contribution in [1.29, 1.82) is 0 Å². The number of carboxylic acid groups (broad SMARTS) is 1. The lowest BCUT2D eigenvalue weighted by Crippen LogP contribution is -2.39. The van der Waals surface area contributed by atoms with E-state index in [0.717, 1.165) is 17.9 Å². The molecule has 3 atom stereocenters. The lowest BCUT2D eigenvalue weighted by Gasteiger charge is -2.22. The molecule has 3 unspecified atom stereocenters. The Bertz CT molecular complexity index is 540. The Morgan fingerprint density at radius 3 is 2.75 bits per heavy atom. The van der Waals surface area contributed by atoms with Crippen LogP contribution in [0.15, 0.2) is 24.3 Å². The summed E-state index contributed by atoms with van der Waals surface area (Å²) in [7, 11) is 0. The van der Waals surface area contributed by atoms with Crippen LogP contribution in [-0.2, 0) is 11.2 Å². The molecule has 0 aliphatic heterocycles. The Morgan fingerprint density at radius 2 is 2.10 bits per heavy atom. The van der Waals surface area contributed by atoms with Gasteiger partial charge in [-0.3, -0.25) is 4.79 Å². The van der Waals surface area contributed by atoms with Gasteiger partial charge >= 0.3 is 5.97 Å². The van der Waals surface area contributed by atoms with Gasteiger partial charge in [0.1, 0.15) is 0 Å². The van der Waals surface area contributed by atoms with E-state index in [2.05, 4.69) is 5.32 Å². The number of rotatable bonds is 4. The summed E-state index contributed by atoms with van der Waals surface area (Å²) in [6.07, 6.45) is 5.20. The average molecular weight is 273 g/mol. The van der Waals surface area contributed by atoms with Crippen molar-refractivity contribution in [1.82, 2.24) is 5.32 Å². The first-order valence-corrected chi connectivity index (χ1v) is 7.23. The largest absolute Gasteiger partial charge is 0.478 e. The number of hydrogen-bond donors (Lipinski definition) is 2. The summed E-state index contributed by atoms with van der Waals surface area (Å²) >= 11 is 0. The van der Waals surface area contributed by atoms with Crippen LogP contribution in [0.2, 0.25) is 0 Å². The third-order valence-corrected chi connectivity index (χ3v) is 4.62. The van der Waals surface area contributed by atoms with Crippen LogP contribution in [-0.4, -0.2) is 23.0 Å². The second-order valence-electron chi connectivity index (χ2n) is 6.03. The standard InChI is InChI=1S/C16H19NO3/c18-15(17-14-8-11-4-5-12(14)6-11)9-10-2-1-3-13(7-10)16(19)20/h1-3,7,11-12,14H,4-6,8-9H2,(H,17,18)(H,19,20). The predicted octanol–water partition coefficient (Wildman–Crippen LogP) is 2.23. The van der Waals surface area contributed by atoms with E-state index in [1.54, 1.807) is 24.3 Å². The van der Waals surface area contributed by atoms with E-state index in [-0.39, 0.29) is 17.9 Å².